The Bertz CT molecular complexity index is 898. The molecule has 4 heteroatoms. The minimum absolute atomic E-state index is 0.190. The van der Waals surface area contributed by atoms with Gasteiger partial charge in [0.2, 0.25) is 0 Å². The van der Waals surface area contributed by atoms with Crippen LogP contribution < -0.4 is 0 Å². The number of rotatable bonds is 3. The van der Waals surface area contributed by atoms with Crippen molar-refractivity contribution < 1.29 is 4.52 Å². The van der Waals surface area contributed by atoms with Gasteiger partial charge in [-0.2, -0.15) is 10.2 Å². The molecule has 4 nitrogen and oxygen atoms in total. The Hall–Kier alpha value is -1.97. The molecular weight excluding hydrogens is 322 g/mol. The topological polar surface area (TPSA) is 50.8 Å². The number of nitrogens with zero attached hydrogens (tertiary/aromatic N) is 3. The number of aromatic nitrogens is 1. The van der Waals surface area contributed by atoms with E-state index in [4.69, 9.17) is 4.52 Å². The predicted octanol–water partition coefficient (Wildman–Crippen LogP) is 6.21. The molecule has 1 aromatic carbocycles. The van der Waals surface area contributed by atoms with Crippen LogP contribution in [0.2, 0.25) is 0 Å². The number of hydrogen-bond acceptors (Lipinski definition) is 4. The monoisotopic (exact) mass is 347 g/mol. The molecule has 4 aliphatic carbocycles. The molecule has 4 bridgehead atoms. The molecule has 1 aromatic heterocycles. The summed E-state index contributed by atoms with van der Waals surface area (Å²) in [5.74, 6) is 4.29. The van der Waals surface area contributed by atoms with Gasteiger partial charge in [0.15, 0.2) is 0 Å². The van der Waals surface area contributed by atoms with Crippen LogP contribution in [0.25, 0.3) is 11.3 Å². The zero-order valence-corrected chi connectivity index (χ0v) is 15.5. The predicted molar refractivity (Wildman–Crippen MR) is 99.3 cm³/mol. The van der Waals surface area contributed by atoms with Crippen LogP contribution in [0.1, 0.15) is 63.3 Å². The highest BCUT2D eigenvalue weighted by molar-refractivity contribution is 5.67. The lowest BCUT2D eigenvalue weighted by Gasteiger charge is -2.30. The maximum Gasteiger partial charge on any atom is 0.143 e. The third-order valence-electron chi connectivity index (χ3n) is 7.56. The minimum Gasteiger partial charge on any atom is -0.360 e. The van der Waals surface area contributed by atoms with E-state index in [-0.39, 0.29) is 11.5 Å². The van der Waals surface area contributed by atoms with Gasteiger partial charge in [0, 0.05) is 22.6 Å². The number of azo groups is 1. The second-order valence-electron chi connectivity index (χ2n) is 9.45. The molecule has 1 aliphatic heterocycles. The van der Waals surface area contributed by atoms with Gasteiger partial charge >= 0.3 is 0 Å². The molecule has 0 N–H and O–H groups in total. The lowest BCUT2D eigenvalue weighted by molar-refractivity contribution is 0.226. The highest BCUT2D eigenvalue weighted by Gasteiger charge is 2.60. The van der Waals surface area contributed by atoms with Crippen molar-refractivity contribution in [2.45, 2.75) is 57.4 Å². The van der Waals surface area contributed by atoms with Gasteiger partial charge in [-0.15, -0.1) is 0 Å². The van der Waals surface area contributed by atoms with E-state index in [2.05, 4.69) is 53.5 Å². The Kier molecular flexibility index (Phi) is 2.94. The molecule has 3 atom stereocenters. The molecule has 5 aliphatic rings. The average molecular weight is 347 g/mol. The first-order chi connectivity index (χ1) is 12.6. The molecular formula is C22H25N3O. The Balaban J connectivity index is 1.34. The van der Waals surface area contributed by atoms with Crippen LogP contribution in [-0.4, -0.2) is 5.16 Å². The van der Waals surface area contributed by atoms with Crippen molar-refractivity contribution in [2.24, 2.45) is 33.9 Å². The van der Waals surface area contributed by atoms with Gasteiger partial charge in [-0.1, -0.05) is 31.1 Å². The Morgan fingerprint density at radius 1 is 1.08 bits per heavy atom. The number of hydrogen-bond donors (Lipinski definition) is 0. The van der Waals surface area contributed by atoms with Crippen LogP contribution in [0.5, 0.6) is 0 Å². The molecule has 134 valence electrons. The molecule has 0 spiro atoms. The smallest absolute Gasteiger partial charge is 0.143 e. The Morgan fingerprint density at radius 3 is 2.65 bits per heavy atom. The summed E-state index contributed by atoms with van der Waals surface area (Å²) in [5, 5.41) is 13.3. The first-order valence-electron chi connectivity index (χ1n) is 10.1. The van der Waals surface area contributed by atoms with E-state index < -0.39 is 0 Å². The summed E-state index contributed by atoms with van der Waals surface area (Å²) in [4.78, 5) is 0. The normalized spacial score (nSPS) is 36.4. The summed E-state index contributed by atoms with van der Waals surface area (Å²) < 4.78 is 5.95. The zero-order chi connectivity index (χ0) is 17.5. The van der Waals surface area contributed by atoms with Crippen molar-refractivity contribution in [2.75, 3.05) is 0 Å². The molecule has 0 radical (unpaired) electrons. The van der Waals surface area contributed by atoms with E-state index in [1.165, 1.54) is 37.7 Å². The number of benzene rings is 1. The van der Waals surface area contributed by atoms with Crippen LogP contribution >= 0.6 is 0 Å². The van der Waals surface area contributed by atoms with Crippen LogP contribution in [0.15, 0.2) is 39.0 Å². The van der Waals surface area contributed by atoms with E-state index in [0.29, 0.717) is 5.92 Å². The fraction of sp³-hybridized carbons (Fsp3) is 0.591. The second kappa shape index (κ2) is 5.05. The van der Waals surface area contributed by atoms with Crippen LogP contribution in [0.3, 0.4) is 0 Å². The molecule has 2 heterocycles. The highest BCUT2D eigenvalue weighted by Crippen LogP contribution is 2.66. The third-order valence-corrected chi connectivity index (χ3v) is 7.56. The van der Waals surface area contributed by atoms with E-state index >= 15 is 0 Å². The number of fused-ring (bicyclic) bond motifs is 1. The second-order valence-corrected chi connectivity index (χ2v) is 9.45. The largest absolute Gasteiger partial charge is 0.360 e. The van der Waals surface area contributed by atoms with Gasteiger partial charge in [0.1, 0.15) is 17.5 Å². The first-order valence-corrected chi connectivity index (χ1v) is 10.1. The van der Waals surface area contributed by atoms with Crippen molar-refractivity contribution in [3.8, 4) is 11.3 Å². The van der Waals surface area contributed by atoms with Gasteiger partial charge in [-0.05, 0) is 61.8 Å². The van der Waals surface area contributed by atoms with Crippen LogP contribution in [0.4, 0.5) is 5.69 Å². The summed E-state index contributed by atoms with van der Waals surface area (Å²) in [7, 11) is 0. The summed E-state index contributed by atoms with van der Waals surface area (Å²) in [6, 6.07) is 8.86. The molecule has 0 saturated heterocycles. The lowest BCUT2D eigenvalue weighted by Crippen LogP contribution is -2.27. The summed E-state index contributed by atoms with van der Waals surface area (Å²) in [6.07, 6.45) is 6.89. The summed E-state index contributed by atoms with van der Waals surface area (Å²) >= 11 is 0. The van der Waals surface area contributed by atoms with Crippen LogP contribution in [-0.2, 0) is 5.41 Å². The molecule has 4 fully saturated rings. The zero-order valence-electron chi connectivity index (χ0n) is 15.5. The van der Waals surface area contributed by atoms with E-state index in [0.717, 1.165) is 40.5 Å². The van der Waals surface area contributed by atoms with Crippen molar-refractivity contribution in [3.05, 3.63) is 35.6 Å². The van der Waals surface area contributed by atoms with Crippen molar-refractivity contribution >= 4 is 5.69 Å². The fourth-order valence-corrected chi connectivity index (χ4v) is 6.56. The van der Waals surface area contributed by atoms with Gasteiger partial charge in [-0.25, -0.2) is 0 Å². The van der Waals surface area contributed by atoms with Gasteiger partial charge in [-0.3, -0.25) is 0 Å². The SMILES string of the molecule is CC(C)C1N=Nc2cc(-c3cc(C45CC6CC(CC4C6)C5)on3)ccc21. The minimum atomic E-state index is 0.190. The van der Waals surface area contributed by atoms with Gasteiger partial charge < -0.3 is 4.52 Å². The molecule has 3 unspecified atom stereocenters. The van der Waals surface area contributed by atoms with Crippen molar-refractivity contribution in [1.82, 2.24) is 5.16 Å². The van der Waals surface area contributed by atoms with Crippen molar-refractivity contribution in [1.29, 1.82) is 0 Å². The maximum absolute atomic E-state index is 5.95. The maximum atomic E-state index is 5.95. The van der Waals surface area contributed by atoms with Gasteiger partial charge in [0.05, 0.1) is 5.69 Å². The third kappa shape index (κ3) is 1.93. The summed E-state index contributed by atoms with van der Waals surface area (Å²) in [5.41, 5.74) is 4.56. The molecule has 26 heavy (non-hydrogen) atoms. The van der Waals surface area contributed by atoms with Gasteiger partial charge in [0.25, 0.3) is 0 Å². The molecule has 4 saturated carbocycles. The van der Waals surface area contributed by atoms with E-state index in [1.807, 2.05) is 0 Å². The highest BCUT2D eigenvalue weighted by atomic mass is 16.5. The van der Waals surface area contributed by atoms with E-state index in [1.54, 1.807) is 0 Å². The summed E-state index contributed by atoms with van der Waals surface area (Å²) in [6.45, 7) is 4.39. The van der Waals surface area contributed by atoms with E-state index in [9.17, 15) is 0 Å². The Morgan fingerprint density at radius 2 is 1.88 bits per heavy atom. The van der Waals surface area contributed by atoms with Crippen LogP contribution in [0, 0.1) is 23.7 Å². The average Bonchev–Trinajstić information content (AvgIpc) is 3.35. The molecule has 7 rings (SSSR count). The molecule has 0 amide bonds. The lowest BCUT2D eigenvalue weighted by atomic mass is 9.74. The Labute approximate surface area is 154 Å². The first kappa shape index (κ1) is 15.1. The fourth-order valence-electron chi connectivity index (χ4n) is 6.56. The standard InChI is InChI=1S/C22H25N3O/c1-12(2)21-17-4-3-15(8-19(17)23-24-21)18-9-20(26-25-18)22-10-13-5-14(11-22)7-16(22)6-13/h3-4,8-9,12-14,16,21H,5-7,10-11H2,1-2H3. The molecule has 2 aromatic rings. The van der Waals surface area contributed by atoms with Crippen molar-refractivity contribution in [3.63, 3.8) is 0 Å². The quantitative estimate of drug-likeness (QED) is 0.662.